The van der Waals surface area contributed by atoms with Gasteiger partial charge in [0.15, 0.2) is 5.16 Å². The van der Waals surface area contributed by atoms with Crippen molar-refractivity contribution in [2.45, 2.75) is 5.16 Å². The van der Waals surface area contributed by atoms with Crippen LogP contribution in [0.1, 0.15) is 0 Å². The molecule has 0 saturated carbocycles. The molecule has 3 nitrogen and oxygen atoms in total. The van der Waals surface area contributed by atoms with E-state index in [1.54, 1.807) is 18.5 Å². The van der Waals surface area contributed by atoms with Gasteiger partial charge in [-0.3, -0.25) is 0 Å². The van der Waals surface area contributed by atoms with E-state index in [0.29, 0.717) is 6.61 Å². The molecule has 0 aliphatic carbocycles. The molecule has 0 atom stereocenters. The Kier molecular flexibility index (Phi) is 3.05. The first-order valence-corrected chi connectivity index (χ1v) is 3.57. The number of nitrogens with one attached hydrogen (secondary N) is 1. The predicted molar refractivity (Wildman–Crippen MR) is 40.6 cm³/mol. The quantitative estimate of drug-likeness (QED) is 0.409. The summed E-state index contributed by atoms with van der Waals surface area (Å²) in [5, 5.41) is 0.766. The Balaban J connectivity index is 2.21. The SMILES string of the molecule is C=CCOSc1ncc[nH]1. The average Bonchev–Trinajstić information content (AvgIpc) is 2.41. The number of aromatic nitrogens is 2. The van der Waals surface area contributed by atoms with Crippen LogP contribution in [-0.4, -0.2) is 16.6 Å². The molecule has 1 aromatic heterocycles. The third kappa shape index (κ3) is 2.24. The van der Waals surface area contributed by atoms with Crippen LogP contribution >= 0.6 is 12.0 Å². The van der Waals surface area contributed by atoms with Crippen molar-refractivity contribution in [3.05, 3.63) is 25.0 Å². The Morgan fingerprint density at radius 2 is 2.80 bits per heavy atom. The van der Waals surface area contributed by atoms with E-state index >= 15 is 0 Å². The molecule has 0 saturated heterocycles. The number of aromatic amines is 1. The van der Waals surface area contributed by atoms with Gasteiger partial charge < -0.3 is 9.17 Å². The summed E-state index contributed by atoms with van der Waals surface area (Å²) in [6, 6.07) is 0. The predicted octanol–water partition coefficient (Wildman–Crippen LogP) is 1.62. The smallest absolute Gasteiger partial charge is 0.192 e. The van der Waals surface area contributed by atoms with Crippen molar-refractivity contribution in [1.82, 2.24) is 9.97 Å². The Bertz CT molecular complexity index is 186. The van der Waals surface area contributed by atoms with Crippen molar-refractivity contribution in [1.29, 1.82) is 0 Å². The molecule has 0 amide bonds. The molecule has 0 aliphatic heterocycles. The van der Waals surface area contributed by atoms with Crippen LogP contribution in [0.2, 0.25) is 0 Å². The van der Waals surface area contributed by atoms with Gasteiger partial charge in [-0.25, -0.2) is 4.98 Å². The maximum Gasteiger partial charge on any atom is 0.192 e. The zero-order valence-corrected chi connectivity index (χ0v) is 6.23. The molecule has 10 heavy (non-hydrogen) atoms. The highest BCUT2D eigenvalue weighted by atomic mass is 32.2. The lowest BCUT2D eigenvalue weighted by Crippen LogP contribution is -1.80. The molecular formula is C6H8N2OS. The summed E-state index contributed by atoms with van der Waals surface area (Å²) in [5.74, 6) is 0. The van der Waals surface area contributed by atoms with Crippen molar-refractivity contribution in [2.24, 2.45) is 0 Å². The van der Waals surface area contributed by atoms with E-state index in [1.807, 2.05) is 0 Å². The number of imidazole rings is 1. The molecule has 0 spiro atoms. The fourth-order valence-electron chi connectivity index (χ4n) is 0.434. The summed E-state index contributed by atoms with van der Waals surface area (Å²) < 4.78 is 5.03. The molecule has 0 aromatic carbocycles. The fourth-order valence-corrected chi connectivity index (χ4v) is 0.930. The van der Waals surface area contributed by atoms with Crippen molar-refractivity contribution in [3.63, 3.8) is 0 Å². The molecule has 1 heterocycles. The molecule has 1 N–H and O–H groups in total. The molecular weight excluding hydrogens is 148 g/mol. The summed E-state index contributed by atoms with van der Waals surface area (Å²) in [5.41, 5.74) is 0. The van der Waals surface area contributed by atoms with E-state index in [9.17, 15) is 0 Å². The lowest BCUT2D eigenvalue weighted by molar-refractivity contribution is 0.427. The fraction of sp³-hybridized carbons (Fsp3) is 0.167. The van der Waals surface area contributed by atoms with Crippen molar-refractivity contribution < 1.29 is 4.18 Å². The molecule has 1 aromatic rings. The summed E-state index contributed by atoms with van der Waals surface area (Å²) in [7, 11) is 0. The van der Waals surface area contributed by atoms with Crippen molar-refractivity contribution in [2.75, 3.05) is 6.61 Å². The largest absolute Gasteiger partial charge is 0.338 e. The lowest BCUT2D eigenvalue weighted by Gasteiger charge is -1.92. The maximum atomic E-state index is 5.03. The van der Waals surface area contributed by atoms with Crippen LogP contribution < -0.4 is 0 Å². The number of nitrogens with zero attached hydrogens (tertiary/aromatic N) is 1. The van der Waals surface area contributed by atoms with Gasteiger partial charge in [-0.05, 0) is 0 Å². The standard InChI is InChI=1S/C6H8N2OS/c1-2-5-9-10-6-7-3-4-8-6/h2-4H,1,5H2,(H,7,8). The zero-order valence-electron chi connectivity index (χ0n) is 5.41. The topological polar surface area (TPSA) is 37.9 Å². The minimum Gasteiger partial charge on any atom is -0.338 e. The summed E-state index contributed by atoms with van der Waals surface area (Å²) in [4.78, 5) is 6.82. The highest BCUT2D eigenvalue weighted by Crippen LogP contribution is 2.11. The van der Waals surface area contributed by atoms with E-state index in [1.165, 1.54) is 12.0 Å². The number of rotatable bonds is 4. The minimum atomic E-state index is 0.533. The Hall–Kier alpha value is -0.740. The highest BCUT2D eigenvalue weighted by Gasteiger charge is 1.92. The average molecular weight is 156 g/mol. The third-order valence-corrected chi connectivity index (χ3v) is 1.43. The Morgan fingerprint density at radius 1 is 1.90 bits per heavy atom. The molecule has 0 radical (unpaired) electrons. The van der Waals surface area contributed by atoms with Gasteiger partial charge in [0.1, 0.15) is 0 Å². The second-order valence-corrected chi connectivity index (χ2v) is 2.34. The Labute approximate surface area is 63.7 Å². The van der Waals surface area contributed by atoms with Gasteiger partial charge in [-0.15, -0.1) is 6.58 Å². The van der Waals surface area contributed by atoms with Gasteiger partial charge in [0.05, 0.1) is 18.6 Å². The van der Waals surface area contributed by atoms with Gasteiger partial charge in [0.25, 0.3) is 0 Å². The van der Waals surface area contributed by atoms with Crippen LogP contribution in [0, 0.1) is 0 Å². The normalized spacial score (nSPS) is 9.60. The number of hydrogen-bond donors (Lipinski definition) is 1. The van der Waals surface area contributed by atoms with Gasteiger partial charge >= 0.3 is 0 Å². The monoisotopic (exact) mass is 156 g/mol. The van der Waals surface area contributed by atoms with E-state index < -0.39 is 0 Å². The molecule has 54 valence electrons. The van der Waals surface area contributed by atoms with Gasteiger partial charge in [-0.1, -0.05) is 6.08 Å². The van der Waals surface area contributed by atoms with Crippen molar-refractivity contribution in [3.8, 4) is 0 Å². The minimum absolute atomic E-state index is 0.533. The van der Waals surface area contributed by atoms with Crippen LogP contribution in [-0.2, 0) is 4.18 Å². The lowest BCUT2D eigenvalue weighted by atomic mass is 10.7. The molecule has 1 rings (SSSR count). The maximum absolute atomic E-state index is 5.03. The summed E-state index contributed by atoms with van der Waals surface area (Å²) in [6.45, 7) is 4.04. The van der Waals surface area contributed by atoms with Gasteiger partial charge in [0.2, 0.25) is 0 Å². The molecule has 0 bridgehead atoms. The van der Waals surface area contributed by atoms with Crippen LogP contribution in [0.3, 0.4) is 0 Å². The van der Waals surface area contributed by atoms with E-state index in [-0.39, 0.29) is 0 Å². The molecule has 0 fully saturated rings. The van der Waals surface area contributed by atoms with E-state index in [4.69, 9.17) is 4.18 Å². The highest BCUT2D eigenvalue weighted by molar-refractivity contribution is 7.94. The van der Waals surface area contributed by atoms with Crippen LogP contribution in [0.25, 0.3) is 0 Å². The van der Waals surface area contributed by atoms with E-state index in [2.05, 4.69) is 16.5 Å². The zero-order chi connectivity index (χ0) is 7.23. The molecule has 4 heteroatoms. The molecule has 0 aliphatic rings. The Morgan fingerprint density at radius 3 is 3.40 bits per heavy atom. The van der Waals surface area contributed by atoms with E-state index in [0.717, 1.165) is 5.16 Å². The third-order valence-electron chi connectivity index (χ3n) is 0.797. The number of H-pyrrole nitrogens is 1. The van der Waals surface area contributed by atoms with Gasteiger partial charge in [0, 0.05) is 12.4 Å². The summed E-state index contributed by atoms with van der Waals surface area (Å²) >= 11 is 1.21. The first-order valence-electron chi connectivity index (χ1n) is 2.83. The van der Waals surface area contributed by atoms with Crippen LogP contribution in [0.4, 0.5) is 0 Å². The first kappa shape index (κ1) is 7.37. The summed E-state index contributed by atoms with van der Waals surface area (Å²) in [6.07, 6.45) is 5.12. The molecule has 0 unspecified atom stereocenters. The number of hydrogen-bond acceptors (Lipinski definition) is 3. The van der Waals surface area contributed by atoms with Crippen LogP contribution in [0.15, 0.2) is 30.2 Å². The first-order chi connectivity index (χ1) is 4.93. The van der Waals surface area contributed by atoms with Gasteiger partial charge in [-0.2, -0.15) is 0 Å². The second-order valence-electron chi connectivity index (χ2n) is 1.55. The van der Waals surface area contributed by atoms with Crippen molar-refractivity contribution >= 4 is 12.0 Å². The second kappa shape index (κ2) is 4.14. The van der Waals surface area contributed by atoms with Crippen LogP contribution in [0.5, 0.6) is 0 Å².